The van der Waals surface area contributed by atoms with Gasteiger partial charge in [0.05, 0.1) is 12.6 Å². The van der Waals surface area contributed by atoms with Crippen LogP contribution in [-0.4, -0.2) is 23.6 Å². The summed E-state index contributed by atoms with van der Waals surface area (Å²) in [6, 6.07) is 8.44. The van der Waals surface area contributed by atoms with E-state index in [2.05, 4.69) is 10.6 Å². The van der Waals surface area contributed by atoms with E-state index in [1.54, 1.807) is 6.92 Å². The monoisotopic (exact) mass is 229 g/mol. The molecule has 2 aromatic rings. The van der Waals surface area contributed by atoms with E-state index in [4.69, 9.17) is 4.74 Å². The number of para-hydroxylation sites is 1. The Morgan fingerprint density at radius 3 is 2.94 bits per heavy atom. The van der Waals surface area contributed by atoms with Gasteiger partial charge in [0.25, 0.3) is 0 Å². The zero-order valence-corrected chi connectivity index (χ0v) is 9.85. The number of nitrogens with zero attached hydrogens (tertiary/aromatic N) is 1. The van der Waals surface area contributed by atoms with Crippen molar-refractivity contribution in [3.05, 3.63) is 36.0 Å². The Morgan fingerprint density at radius 1 is 1.41 bits per heavy atom. The first-order valence-electron chi connectivity index (χ1n) is 5.95. The molecule has 3 heteroatoms. The molecule has 1 aromatic heterocycles. The maximum absolute atomic E-state index is 11.6. The number of hydrogen-bond donors (Lipinski definition) is 0. The Labute approximate surface area is 100.0 Å². The van der Waals surface area contributed by atoms with Crippen molar-refractivity contribution in [2.75, 3.05) is 13.2 Å². The molecular formula is C14H15NO2. The number of carbonyl (C=O) groups is 1. The van der Waals surface area contributed by atoms with Gasteiger partial charge in [-0.05, 0) is 19.4 Å². The third kappa shape index (κ3) is 1.67. The second-order valence-electron chi connectivity index (χ2n) is 4.54. The van der Waals surface area contributed by atoms with Crippen molar-refractivity contribution in [2.45, 2.75) is 19.4 Å². The molecule has 0 bridgehead atoms. The maximum Gasteiger partial charge on any atom is 0.161 e. The van der Waals surface area contributed by atoms with Crippen LogP contribution in [0.1, 0.15) is 29.7 Å². The van der Waals surface area contributed by atoms with Crippen LogP contribution in [-0.2, 0) is 4.74 Å². The molecule has 3 nitrogen and oxygen atoms in total. The van der Waals surface area contributed by atoms with Crippen LogP contribution in [0.25, 0.3) is 10.9 Å². The lowest BCUT2D eigenvalue weighted by Gasteiger charge is -2.11. The highest BCUT2D eigenvalue weighted by Gasteiger charge is 2.21. The highest BCUT2D eigenvalue weighted by atomic mass is 16.5. The number of carbonyl (C=O) groups excluding carboxylic acids is 1. The molecule has 1 aliphatic rings. The third-order valence-corrected chi connectivity index (χ3v) is 3.42. The average Bonchev–Trinajstić information content (AvgIpc) is 2.95. The SMILES string of the molecule is CC(=O)c1cn(C2CCOC2)c2ccccc12. The lowest BCUT2D eigenvalue weighted by molar-refractivity contribution is 0.101. The molecule has 0 spiro atoms. The lowest BCUT2D eigenvalue weighted by Crippen LogP contribution is -2.07. The molecule has 17 heavy (non-hydrogen) atoms. The van der Waals surface area contributed by atoms with E-state index >= 15 is 0 Å². The second kappa shape index (κ2) is 4.00. The lowest BCUT2D eigenvalue weighted by atomic mass is 10.1. The molecule has 1 aliphatic heterocycles. The van der Waals surface area contributed by atoms with Gasteiger partial charge < -0.3 is 9.30 Å². The van der Waals surface area contributed by atoms with Gasteiger partial charge in [-0.1, -0.05) is 18.2 Å². The van der Waals surface area contributed by atoms with E-state index in [-0.39, 0.29) is 5.78 Å². The van der Waals surface area contributed by atoms with Gasteiger partial charge in [-0.2, -0.15) is 0 Å². The highest BCUT2D eigenvalue weighted by Crippen LogP contribution is 2.28. The summed E-state index contributed by atoms with van der Waals surface area (Å²) in [5.41, 5.74) is 1.95. The highest BCUT2D eigenvalue weighted by molar-refractivity contribution is 6.07. The topological polar surface area (TPSA) is 31.2 Å². The molecule has 1 aromatic carbocycles. The Balaban J connectivity index is 2.20. The second-order valence-corrected chi connectivity index (χ2v) is 4.54. The molecule has 1 fully saturated rings. The maximum atomic E-state index is 11.6. The molecule has 2 heterocycles. The molecule has 0 aliphatic carbocycles. The number of ketones is 1. The zero-order valence-electron chi connectivity index (χ0n) is 9.85. The van der Waals surface area contributed by atoms with E-state index in [9.17, 15) is 4.79 Å². The summed E-state index contributed by atoms with van der Waals surface area (Å²) in [6.45, 7) is 3.18. The molecule has 0 N–H and O–H groups in total. The summed E-state index contributed by atoms with van der Waals surface area (Å²) in [7, 11) is 0. The van der Waals surface area contributed by atoms with Crippen molar-refractivity contribution < 1.29 is 9.53 Å². The quantitative estimate of drug-likeness (QED) is 0.741. The first-order chi connectivity index (χ1) is 8.27. The first kappa shape index (κ1) is 10.5. The number of hydrogen-bond acceptors (Lipinski definition) is 2. The van der Waals surface area contributed by atoms with Crippen LogP contribution in [0.3, 0.4) is 0 Å². The van der Waals surface area contributed by atoms with Crippen LogP contribution in [0.2, 0.25) is 0 Å². The number of Topliss-reactive ketones (excluding diaryl/α,β-unsaturated/α-hetero) is 1. The van der Waals surface area contributed by atoms with E-state index in [0.29, 0.717) is 6.04 Å². The van der Waals surface area contributed by atoms with Gasteiger partial charge in [0.15, 0.2) is 5.78 Å². The fourth-order valence-corrected chi connectivity index (χ4v) is 2.53. The normalized spacial score (nSPS) is 19.9. The van der Waals surface area contributed by atoms with Crippen LogP contribution in [0.4, 0.5) is 0 Å². The van der Waals surface area contributed by atoms with E-state index in [0.717, 1.165) is 36.1 Å². The van der Waals surface area contributed by atoms with E-state index in [1.807, 2.05) is 24.4 Å². The summed E-state index contributed by atoms with van der Waals surface area (Å²) < 4.78 is 7.62. The van der Waals surface area contributed by atoms with E-state index < -0.39 is 0 Å². The molecule has 1 unspecified atom stereocenters. The standard InChI is InChI=1S/C14H15NO2/c1-10(16)13-8-15(11-6-7-17-9-11)14-5-3-2-4-12(13)14/h2-5,8,11H,6-7,9H2,1H3. The molecule has 1 atom stereocenters. The minimum atomic E-state index is 0.124. The predicted molar refractivity (Wildman–Crippen MR) is 66.4 cm³/mol. The minimum absolute atomic E-state index is 0.124. The van der Waals surface area contributed by atoms with Crippen LogP contribution >= 0.6 is 0 Å². The Bertz CT molecular complexity index is 565. The number of ether oxygens (including phenoxy) is 1. The van der Waals surface area contributed by atoms with Crippen LogP contribution < -0.4 is 0 Å². The van der Waals surface area contributed by atoms with Crippen molar-refractivity contribution in [2.24, 2.45) is 0 Å². The summed E-state index contributed by atoms with van der Waals surface area (Å²) >= 11 is 0. The molecular weight excluding hydrogens is 214 g/mol. The average molecular weight is 229 g/mol. The van der Waals surface area contributed by atoms with Crippen molar-refractivity contribution in [1.82, 2.24) is 4.57 Å². The van der Waals surface area contributed by atoms with Crippen LogP contribution in [0.15, 0.2) is 30.5 Å². The summed E-state index contributed by atoms with van der Waals surface area (Å²) in [6.07, 6.45) is 3.00. The summed E-state index contributed by atoms with van der Waals surface area (Å²) in [5, 5.41) is 1.05. The summed E-state index contributed by atoms with van der Waals surface area (Å²) in [5.74, 6) is 0.124. The zero-order chi connectivity index (χ0) is 11.8. The van der Waals surface area contributed by atoms with Crippen molar-refractivity contribution in [3.63, 3.8) is 0 Å². The fourth-order valence-electron chi connectivity index (χ4n) is 2.53. The minimum Gasteiger partial charge on any atom is -0.379 e. The fraction of sp³-hybridized carbons (Fsp3) is 0.357. The van der Waals surface area contributed by atoms with Crippen molar-refractivity contribution >= 4 is 16.7 Å². The van der Waals surface area contributed by atoms with Gasteiger partial charge in [-0.15, -0.1) is 0 Å². The van der Waals surface area contributed by atoms with Crippen LogP contribution in [0.5, 0.6) is 0 Å². The van der Waals surface area contributed by atoms with E-state index in [1.165, 1.54) is 0 Å². The van der Waals surface area contributed by atoms with Crippen molar-refractivity contribution in [1.29, 1.82) is 0 Å². The smallest absolute Gasteiger partial charge is 0.161 e. The Morgan fingerprint density at radius 2 is 2.24 bits per heavy atom. The van der Waals surface area contributed by atoms with Crippen LogP contribution in [0, 0.1) is 0 Å². The predicted octanol–water partition coefficient (Wildman–Crippen LogP) is 2.81. The van der Waals surface area contributed by atoms with Gasteiger partial charge in [-0.25, -0.2) is 0 Å². The number of rotatable bonds is 2. The van der Waals surface area contributed by atoms with Gasteiger partial charge in [0.2, 0.25) is 0 Å². The van der Waals surface area contributed by atoms with Gasteiger partial charge >= 0.3 is 0 Å². The first-order valence-corrected chi connectivity index (χ1v) is 5.95. The third-order valence-electron chi connectivity index (χ3n) is 3.42. The molecule has 88 valence electrons. The summed E-state index contributed by atoms with van der Waals surface area (Å²) in [4.78, 5) is 11.6. The molecule has 0 radical (unpaired) electrons. The molecule has 3 rings (SSSR count). The molecule has 1 saturated heterocycles. The van der Waals surface area contributed by atoms with Gasteiger partial charge in [-0.3, -0.25) is 4.79 Å². The molecule has 0 amide bonds. The van der Waals surface area contributed by atoms with Crippen molar-refractivity contribution in [3.8, 4) is 0 Å². The Kier molecular flexibility index (Phi) is 2.48. The largest absolute Gasteiger partial charge is 0.379 e. The van der Waals surface area contributed by atoms with Gasteiger partial charge in [0, 0.05) is 29.3 Å². The Hall–Kier alpha value is -1.61. The number of benzene rings is 1. The number of fused-ring (bicyclic) bond motifs is 1. The van der Waals surface area contributed by atoms with Gasteiger partial charge in [0.1, 0.15) is 0 Å². The number of aromatic nitrogens is 1. The molecule has 0 saturated carbocycles.